The van der Waals surface area contributed by atoms with Crippen LogP contribution < -0.4 is 5.32 Å². The van der Waals surface area contributed by atoms with Crippen LogP contribution in [-0.2, 0) is 0 Å². The standard InChI is InChI=1S/C19H17NO/c1-13-7-5-8-14(2)18(13)20-19(21)17-12-6-10-15-9-3-4-11-16(15)17/h3-12H,1-2H3,(H,20,21). The summed E-state index contributed by atoms with van der Waals surface area (Å²) < 4.78 is 0. The topological polar surface area (TPSA) is 29.1 Å². The molecule has 0 radical (unpaired) electrons. The number of carbonyl (C=O) groups is 1. The van der Waals surface area contributed by atoms with Crippen molar-refractivity contribution in [1.82, 2.24) is 0 Å². The SMILES string of the molecule is Cc1cccc(C)c1NC(=O)c1cccc2ccccc12. The molecule has 3 aromatic rings. The van der Waals surface area contributed by atoms with Crippen LogP contribution in [0.3, 0.4) is 0 Å². The fourth-order valence-corrected chi connectivity index (χ4v) is 2.62. The molecule has 1 amide bonds. The van der Waals surface area contributed by atoms with Gasteiger partial charge in [0.2, 0.25) is 0 Å². The summed E-state index contributed by atoms with van der Waals surface area (Å²) >= 11 is 0. The van der Waals surface area contributed by atoms with Gasteiger partial charge in [-0.25, -0.2) is 0 Å². The van der Waals surface area contributed by atoms with E-state index in [0.717, 1.165) is 27.6 Å². The Hall–Kier alpha value is -2.61. The van der Waals surface area contributed by atoms with E-state index < -0.39 is 0 Å². The predicted octanol–water partition coefficient (Wildman–Crippen LogP) is 4.71. The van der Waals surface area contributed by atoms with Gasteiger partial charge in [0.15, 0.2) is 0 Å². The van der Waals surface area contributed by atoms with Crippen molar-refractivity contribution in [1.29, 1.82) is 0 Å². The summed E-state index contributed by atoms with van der Waals surface area (Å²) in [5.41, 5.74) is 3.75. The van der Waals surface area contributed by atoms with Crippen molar-refractivity contribution in [3.05, 3.63) is 77.4 Å². The van der Waals surface area contributed by atoms with Gasteiger partial charge in [0.1, 0.15) is 0 Å². The minimum Gasteiger partial charge on any atom is -0.321 e. The number of benzene rings is 3. The Balaban J connectivity index is 2.02. The Bertz CT molecular complexity index is 795. The fraction of sp³-hybridized carbons (Fsp3) is 0.105. The van der Waals surface area contributed by atoms with Gasteiger partial charge in [0.05, 0.1) is 0 Å². The number of hydrogen-bond acceptors (Lipinski definition) is 1. The number of anilines is 1. The Kier molecular flexibility index (Phi) is 3.44. The van der Waals surface area contributed by atoms with Gasteiger partial charge in [-0.2, -0.15) is 0 Å². The van der Waals surface area contributed by atoms with Crippen molar-refractivity contribution < 1.29 is 4.79 Å². The molecule has 0 saturated carbocycles. The van der Waals surface area contributed by atoms with Crippen molar-refractivity contribution >= 4 is 22.4 Å². The second kappa shape index (κ2) is 5.41. The maximum atomic E-state index is 12.6. The minimum atomic E-state index is -0.0656. The highest BCUT2D eigenvalue weighted by molar-refractivity contribution is 6.13. The summed E-state index contributed by atoms with van der Waals surface area (Å²) in [5, 5.41) is 5.10. The maximum Gasteiger partial charge on any atom is 0.256 e. The van der Waals surface area contributed by atoms with Crippen LogP contribution in [0.5, 0.6) is 0 Å². The number of aryl methyl sites for hydroxylation is 2. The van der Waals surface area contributed by atoms with Gasteiger partial charge in [-0.15, -0.1) is 0 Å². The lowest BCUT2D eigenvalue weighted by atomic mass is 10.0. The summed E-state index contributed by atoms with van der Waals surface area (Å²) in [6.45, 7) is 4.01. The molecular weight excluding hydrogens is 258 g/mol. The van der Waals surface area contributed by atoms with Gasteiger partial charge in [-0.3, -0.25) is 4.79 Å². The summed E-state index contributed by atoms with van der Waals surface area (Å²) in [6.07, 6.45) is 0. The minimum absolute atomic E-state index is 0.0656. The predicted molar refractivity (Wildman–Crippen MR) is 87.8 cm³/mol. The van der Waals surface area contributed by atoms with E-state index in [1.54, 1.807) is 0 Å². The molecule has 0 saturated heterocycles. The molecule has 1 N–H and O–H groups in total. The average Bonchev–Trinajstić information content (AvgIpc) is 2.50. The molecule has 0 aromatic heterocycles. The molecule has 0 aliphatic carbocycles. The van der Waals surface area contributed by atoms with Crippen LogP contribution >= 0.6 is 0 Å². The monoisotopic (exact) mass is 275 g/mol. The Morgan fingerprint density at radius 2 is 1.43 bits per heavy atom. The number of hydrogen-bond donors (Lipinski definition) is 1. The van der Waals surface area contributed by atoms with Crippen molar-refractivity contribution in [3.8, 4) is 0 Å². The molecule has 0 spiro atoms. The van der Waals surface area contributed by atoms with E-state index in [0.29, 0.717) is 5.56 Å². The van der Waals surface area contributed by atoms with E-state index in [2.05, 4.69) is 5.32 Å². The third-order valence-electron chi connectivity index (χ3n) is 3.75. The van der Waals surface area contributed by atoms with Gasteiger partial charge in [0, 0.05) is 11.3 Å². The van der Waals surface area contributed by atoms with E-state index >= 15 is 0 Å². The van der Waals surface area contributed by atoms with Crippen LogP contribution in [-0.4, -0.2) is 5.91 Å². The Labute approximate surface area is 124 Å². The van der Waals surface area contributed by atoms with Crippen LogP contribution in [0.1, 0.15) is 21.5 Å². The van der Waals surface area contributed by atoms with Crippen LogP contribution in [0.15, 0.2) is 60.7 Å². The molecule has 0 aliphatic rings. The lowest BCUT2D eigenvalue weighted by Gasteiger charge is -2.12. The van der Waals surface area contributed by atoms with Crippen molar-refractivity contribution in [3.63, 3.8) is 0 Å². The Morgan fingerprint density at radius 1 is 0.810 bits per heavy atom. The first-order valence-corrected chi connectivity index (χ1v) is 7.02. The maximum absolute atomic E-state index is 12.6. The summed E-state index contributed by atoms with van der Waals surface area (Å²) in [5.74, 6) is -0.0656. The van der Waals surface area contributed by atoms with Crippen LogP contribution in [0.4, 0.5) is 5.69 Å². The molecule has 0 heterocycles. The first kappa shape index (κ1) is 13.4. The second-order valence-corrected chi connectivity index (χ2v) is 5.25. The van der Waals surface area contributed by atoms with Crippen molar-refractivity contribution in [2.75, 3.05) is 5.32 Å². The normalized spacial score (nSPS) is 10.6. The molecule has 3 aromatic carbocycles. The number of amides is 1. The van der Waals surface area contributed by atoms with Crippen molar-refractivity contribution in [2.24, 2.45) is 0 Å². The average molecular weight is 275 g/mol. The number of para-hydroxylation sites is 1. The quantitative estimate of drug-likeness (QED) is 0.721. The first-order chi connectivity index (χ1) is 10.2. The Morgan fingerprint density at radius 3 is 2.19 bits per heavy atom. The highest BCUT2D eigenvalue weighted by atomic mass is 16.1. The molecule has 104 valence electrons. The third-order valence-corrected chi connectivity index (χ3v) is 3.75. The molecule has 0 aliphatic heterocycles. The molecule has 0 atom stereocenters. The highest BCUT2D eigenvalue weighted by Crippen LogP contribution is 2.23. The summed E-state index contributed by atoms with van der Waals surface area (Å²) in [6, 6.07) is 19.8. The lowest BCUT2D eigenvalue weighted by molar-refractivity contribution is 0.102. The second-order valence-electron chi connectivity index (χ2n) is 5.25. The van der Waals surface area contributed by atoms with Gasteiger partial charge in [0.25, 0.3) is 5.91 Å². The van der Waals surface area contributed by atoms with Gasteiger partial charge < -0.3 is 5.32 Å². The van der Waals surface area contributed by atoms with Crippen LogP contribution in [0.2, 0.25) is 0 Å². The first-order valence-electron chi connectivity index (χ1n) is 7.02. The molecule has 0 unspecified atom stereocenters. The van der Waals surface area contributed by atoms with Gasteiger partial charge in [-0.1, -0.05) is 54.6 Å². The van der Waals surface area contributed by atoms with E-state index in [9.17, 15) is 4.79 Å². The molecule has 2 nitrogen and oxygen atoms in total. The van der Waals surface area contributed by atoms with Gasteiger partial charge in [-0.05, 0) is 41.8 Å². The molecule has 0 bridgehead atoms. The van der Waals surface area contributed by atoms with Crippen molar-refractivity contribution in [2.45, 2.75) is 13.8 Å². The summed E-state index contributed by atoms with van der Waals surface area (Å²) in [4.78, 5) is 12.6. The number of rotatable bonds is 2. The molecule has 3 rings (SSSR count). The van der Waals surface area contributed by atoms with Crippen LogP contribution in [0.25, 0.3) is 10.8 Å². The van der Waals surface area contributed by atoms with E-state index in [4.69, 9.17) is 0 Å². The largest absolute Gasteiger partial charge is 0.321 e. The third kappa shape index (κ3) is 2.52. The highest BCUT2D eigenvalue weighted by Gasteiger charge is 2.12. The zero-order valence-corrected chi connectivity index (χ0v) is 12.2. The lowest BCUT2D eigenvalue weighted by Crippen LogP contribution is -2.14. The van der Waals surface area contributed by atoms with E-state index in [1.165, 1.54) is 0 Å². The fourth-order valence-electron chi connectivity index (χ4n) is 2.62. The molecule has 2 heteroatoms. The van der Waals surface area contributed by atoms with E-state index in [-0.39, 0.29) is 5.91 Å². The van der Waals surface area contributed by atoms with Crippen LogP contribution in [0, 0.1) is 13.8 Å². The number of carbonyl (C=O) groups excluding carboxylic acids is 1. The zero-order valence-electron chi connectivity index (χ0n) is 12.2. The van der Waals surface area contributed by atoms with Gasteiger partial charge >= 0.3 is 0 Å². The molecular formula is C19H17NO. The molecule has 0 fully saturated rings. The summed E-state index contributed by atoms with van der Waals surface area (Å²) in [7, 11) is 0. The number of fused-ring (bicyclic) bond motifs is 1. The smallest absolute Gasteiger partial charge is 0.256 e. The number of nitrogens with one attached hydrogen (secondary N) is 1. The molecule has 21 heavy (non-hydrogen) atoms. The van der Waals surface area contributed by atoms with E-state index in [1.807, 2.05) is 74.5 Å². The zero-order chi connectivity index (χ0) is 14.8.